The predicted molar refractivity (Wildman–Crippen MR) is 111 cm³/mol. The molecule has 2 aromatic carbocycles. The number of rotatable bonds is 6. The lowest BCUT2D eigenvalue weighted by molar-refractivity contribution is 0.201. The summed E-state index contributed by atoms with van der Waals surface area (Å²) in [6.45, 7) is 8.99. The Labute approximate surface area is 162 Å². The van der Waals surface area contributed by atoms with E-state index < -0.39 is 0 Å². The molecule has 27 heavy (non-hydrogen) atoms. The largest absolute Gasteiger partial charge is 0.335 e. The lowest BCUT2D eigenvalue weighted by Gasteiger charge is -2.32. The van der Waals surface area contributed by atoms with Crippen molar-refractivity contribution in [2.45, 2.75) is 31.8 Å². The number of nitrogens with zero attached hydrogens (tertiary/aromatic N) is 1. The fraction of sp³-hybridized carbons (Fsp3) is 0.348. The maximum absolute atomic E-state index is 12.7. The van der Waals surface area contributed by atoms with Crippen LogP contribution in [-0.4, -0.2) is 36.6 Å². The minimum absolute atomic E-state index is 0.106. The molecule has 142 valence electrons. The first-order chi connectivity index (χ1) is 13.1. The molecule has 0 unspecified atom stereocenters. The van der Waals surface area contributed by atoms with Crippen LogP contribution >= 0.6 is 0 Å². The second-order valence-electron chi connectivity index (χ2n) is 7.38. The van der Waals surface area contributed by atoms with Gasteiger partial charge in [-0.2, -0.15) is 0 Å². The second kappa shape index (κ2) is 9.38. The first-order valence-electron chi connectivity index (χ1n) is 9.65. The van der Waals surface area contributed by atoms with Crippen molar-refractivity contribution in [3.63, 3.8) is 0 Å². The van der Waals surface area contributed by atoms with Crippen molar-refractivity contribution in [1.29, 1.82) is 0 Å². The monoisotopic (exact) mass is 363 g/mol. The van der Waals surface area contributed by atoms with E-state index in [-0.39, 0.29) is 18.1 Å². The van der Waals surface area contributed by atoms with Gasteiger partial charge in [-0.1, -0.05) is 72.8 Å². The van der Waals surface area contributed by atoms with Gasteiger partial charge in [-0.3, -0.25) is 4.90 Å². The van der Waals surface area contributed by atoms with Gasteiger partial charge in [0.2, 0.25) is 0 Å². The van der Waals surface area contributed by atoms with Gasteiger partial charge in [-0.05, 0) is 30.9 Å². The van der Waals surface area contributed by atoms with Gasteiger partial charge in [0.25, 0.3) is 0 Å². The number of urea groups is 1. The molecule has 0 saturated carbocycles. The Morgan fingerprint density at radius 1 is 1.04 bits per heavy atom. The smallest absolute Gasteiger partial charge is 0.315 e. The van der Waals surface area contributed by atoms with Crippen LogP contribution in [0.3, 0.4) is 0 Å². The minimum Gasteiger partial charge on any atom is -0.335 e. The van der Waals surface area contributed by atoms with Gasteiger partial charge < -0.3 is 10.6 Å². The van der Waals surface area contributed by atoms with E-state index in [9.17, 15) is 4.79 Å². The zero-order valence-electron chi connectivity index (χ0n) is 16.0. The average molecular weight is 364 g/mol. The van der Waals surface area contributed by atoms with Crippen molar-refractivity contribution in [2.75, 3.05) is 19.6 Å². The van der Waals surface area contributed by atoms with Gasteiger partial charge in [0, 0.05) is 25.7 Å². The summed E-state index contributed by atoms with van der Waals surface area (Å²) in [6, 6.07) is 20.1. The van der Waals surface area contributed by atoms with Crippen molar-refractivity contribution >= 4 is 6.03 Å². The van der Waals surface area contributed by atoms with Crippen molar-refractivity contribution in [1.82, 2.24) is 15.5 Å². The second-order valence-corrected chi connectivity index (χ2v) is 7.38. The Hall–Kier alpha value is -2.59. The molecule has 0 aromatic heterocycles. The van der Waals surface area contributed by atoms with Crippen LogP contribution in [0.25, 0.3) is 0 Å². The third-order valence-corrected chi connectivity index (χ3v) is 4.96. The molecule has 2 N–H and O–H groups in total. The molecular weight excluding hydrogens is 334 g/mol. The van der Waals surface area contributed by atoms with Crippen LogP contribution in [-0.2, 0) is 0 Å². The quantitative estimate of drug-likeness (QED) is 0.759. The SMILES string of the molecule is C=C(C)CN1CCC(NC(=O)NC(c2ccccc2)c2ccccc2)CC1. The van der Waals surface area contributed by atoms with Crippen molar-refractivity contribution in [2.24, 2.45) is 0 Å². The number of piperidine rings is 1. The van der Waals surface area contributed by atoms with Crippen molar-refractivity contribution in [3.05, 3.63) is 83.9 Å². The van der Waals surface area contributed by atoms with Gasteiger partial charge in [0.05, 0.1) is 6.04 Å². The van der Waals surface area contributed by atoms with Crippen LogP contribution in [0.2, 0.25) is 0 Å². The molecule has 1 saturated heterocycles. The zero-order chi connectivity index (χ0) is 19.1. The lowest BCUT2D eigenvalue weighted by Crippen LogP contribution is -2.48. The number of benzene rings is 2. The molecule has 2 aromatic rings. The highest BCUT2D eigenvalue weighted by Crippen LogP contribution is 2.21. The Morgan fingerprint density at radius 3 is 2.04 bits per heavy atom. The van der Waals surface area contributed by atoms with Gasteiger partial charge >= 0.3 is 6.03 Å². The van der Waals surface area contributed by atoms with Crippen LogP contribution in [0.5, 0.6) is 0 Å². The summed E-state index contributed by atoms with van der Waals surface area (Å²) in [5.41, 5.74) is 3.35. The van der Waals surface area contributed by atoms with E-state index in [1.807, 2.05) is 60.7 Å². The number of amides is 2. The molecule has 2 amide bonds. The van der Waals surface area contributed by atoms with E-state index in [0.29, 0.717) is 0 Å². The fourth-order valence-electron chi connectivity index (χ4n) is 3.63. The summed E-state index contributed by atoms with van der Waals surface area (Å²) < 4.78 is 0. The number of hydrogen-bond acceptors (Lipinski definition) is 2. The van der Waals surface area contributed by atoms with Crippen LogP contribution in [0, 0.1) is 0 Å². The minimum atomic E-state index is -0.157. The number of carbonyl (C=O) groups is 1. The first kappa shape index (κ1) is 19.2. The summed E-state index contributed by atoms with van der Waals surface area (Å²) in [7, 11) is 0. The van der Waals surface area contributed by atoms with E-state index in [4.69, 9.17) is 0 Å². The van der Waals surface area contributed by atoms with Crippen LogP contribution < -0.4 is 10.6 Å². The highest BCUT2D eigenvalue weighted by atomic mass is 16.2. The molecule has 4 heteroatoms. The Kier molecular flexibility index (Phi) is 6.66. The summed E-state index contributed by atoms with van der Waals surface area (Å²) in [5.74, 6) is 0. The standard InChI is InChI=1S/C23H29N3O/c1-18(2)17-26-15-13-21(14-16-26)24-23(27)25-22(19-9-5-3-6-10-19)20-11-7-4-8-12-20/h3-12,21-22H,1,13-17H2,2H3,(H2,24,25,27). The molecule has 0 atom stereocenters. The predicted octanol–water partition coefficient (Wildman–Crippen LogP) is 4.12. The van der Waals surface area contributed by atoms with Gasteiger partial charge in [-0.25, -0.2) is 4.79 Å². The van der Waals surface area contributed by atoms with E-state index in [2.05, 4.69) is 29.0 Å². The molecule has 1 aliphatic rings. The Bertz CT molecular complexity index is 697. The van der Waals surface area contributed by atoms with E-state index in [1.165, 1.54) is 5.57 Å². The van der Waals surface area contributed by atoms with E-state index in [0.717, 1.165) is 43.6 Å². The molecular formula is C23H29N3O. The Balaban J connectivity index is 1.60. The average Bonchev–Trinajstić information content (AvgIpc) is 2.69. The molecule has 1 aliphatic heterocycles. The van der Waals surface area contributed by atoms with Gasteiger partial charge in [0.15, 0.2) is 0 Å². The third kappa shape index (κ3) is 5.69. The molecule has 0 aliphatic carbocycles. The topological polar surface area (TPSA) is 44.4 Å². The summed E-state index contributed by atoms with van der Waals surface area (Å²) in [5, 5.41) is 6.33. The van der Waals surface area contributed by atoms with Crippen molar-refractivity contribution in [3.8, 4) is 0 Å². The normalized spacial score (nSPS) is 15.5. The number of likely N-dealkylation sites (tertiary alicyclic amines) is 1. The van der Waals surface area contributed by atoms with E-state index in [1.54, 1.807) is 0 Å². The highest BCUT2D eigenvalue weighted by Gasteiger charge is 2.22. The molecule has 0 bridgehead atoms. The van der Waals surface area contributed by atoms with Gasteiger partial charge in [0.1, 0.15) is 0 Å². The summed E-state index contributed by atoms with van der Waals surface area (Å²) in [4.78, 5) is 15.1. The summed E-state index contributed by atoms with van der Waals surface area (Å²) in [6.07, 6.45) is 1.95. The third-order valence-electron chi connectivity index (χ3n) is 4.96. The maximum Gasteiger partial charge on any atom is 0.315 e. The number of hydrogen-bond donors (Lipinski definition) is 2. The van der Waals surface area contributed by atoms with Crippen LogP contribution in [0.4, 0.5) is 4.79 Å². The Morgan fingerprint density at radius 2 is 1.56 bits per heavy atom. The molecule has 1 heterocycles. The molecule has 0 radical (unpaired) electrons. The molecule has 1 fully saturated rings. The van der Waals surface area contributed by atoms with Crippen LogP contribution in [0.1, 0.15) is 36.9 Å². The highest BCUT2D eigenvalue weighted by molar-refractivity contribution is 5.75. The number of carbonyl (C=O) groups excluding carboxylic acids is 1. The van der Waals surface area contributed by atoms with Crippen LogP contribution in [0.15, 0.2) is 72.8 Å². The lowest BCUT2D eigenvalue weighted by atomic mass is 9.99. The molecule has 4 nitrogen and oxygen atoms in total. The fourth-order valence-corrected chi connectivity index (χ4v) is 3.63. The molecule has 3 rings (SSSR count). The van der Waals surface area contributed by atoms with Crippen molar-refractivity contribution < 1.29 is 4.79 Å². The zero-order valence-corrected chi connectivity index (χ0v) is 16.0. The molecule has 0 spiro atoms. The summed E-state index contributed by atoms with van der Waals surface area (Å²) >= 11 is 0. The first-order valence-corrected chi connectivity index (χ1v) is 9.65. The number of nitrogens with one attached hydrogen (secondary N) is 2. The van der Waals surface area contributed by atoms with E-state index >= 15 is 0 Å². The maximum atomic E-state index is 12.7. The van der Waals surface area contributed by atoms with Gasteiger partial charge in [-0.15, -0.1) is 0 Å².